The molecule has 1 rings (SSSR count). The molecule has 0 spiro atoms. The number of hydrogen-bond donors (Lipinski definition) is 1. The molecule has 1 heterocycles. The van der Waals surface area contributed by atoms with Gasteiger partial charge in [0.1, 0.15) is 5.82 Å². The minimum absolute atomic E-state index is 0.338. The Kier molecular flexibility index (Phi) is 2.65. The van der Waals surface area contributed by atoms with E-state index in [2.05, 4.69) is 28.7 Å². The number of aryl methyl sites for hydroxylation is 1. The predicted octanol–water partition coefficient (Wildman–Crippen LogP) is 1.18. The van der Waals surface area contributed by atoms with Crippen molar-refractivity contribution in [2.75, 3.05) is 7.05 Å². The van der Waals surface area contributed by atoms with Crippen molar-refractivity contribution in [3.63, 3.8) is 0 Å². The van der Waals surface area contributed by atoms with Gasteiger partial charge in [-0.3, -0.25) is 0 Å². The zero-order valence-electron chi connectivity index (χ0n) is 7.33. The summed E-state index contributed by atoms with van der Waals surface area (Å²) in [6.45, 7) is 5.21. The SMILES string of the molecule is CCn1ccnc1[C@@H](C)NC. The Balaban J connectivity index is 2.83. The largest absolute Gasteiger partial charge is 0.334 e. The summed E-state index contributed by atoms with van der Waals surface area (Å²) in [4.78, 5) is 4.26. The van der Waals surface area contributed by atoms with E-state index in [1.807, 2.05) is 19.4 Å². The average Bonchev–Trinajstić information content (AvgIpc) is 2.50. The molecular formula is C8H15N3. The van der Waals surface area contributed by atoms with Gasteiger partial charge < -0.3 is 9.88 Å². The lowest BCUT2D eigenvalue weighted by atomic mass is 10.3. The Bertz CT molecular complexity index is 217. The van der Waals surface area contributed by atoms with Crippen molar-refractivity contribution in [3.8, 4) is 0 Å². The number of nitrogens with one attached hydrogen (secondary N) is 1. The van der Waals surface area contributed by atoms with Crippen molar-refractivity contribution in [2.24, 2.45) is 0 Å². The van der Waals surface area contributed by atoms with Crippen molar-refractivity contribution in [1.29, 1.82) is 0 Å². The van der Waals surface area contributed by atoms with E-state index in [1.54, 1.807) is 0 Å². The standard InChI is InChI=1S/C8H15N3/c1-4-11-6-5-10-8(11)7(2)9-3/h5-7,9H,4H2,1-3H3/t7-/m1/s1. The molecule has 1 aromatic heterocycles. The highest BCUT2D eigenvalue weighted by Gasteiger charge is 2.07. The normalized spacial score (nSPS) is 13.4. The van der Waals surface area contributed by atoms with Crippen LogP contribution in [0.2, 0.25) is 0 Å². The summed E-state index contributed by atoms with van der Waals surface area (Å²) in [7, 11) is 1.94. The molecule has 1 atom stereocenters. The number of nitrogens with zero attached hydrogens (tertiary/aromatic N) is 2. The molecule has 11 heavy (non-hydrogen) atoms. The first kappa shape index (κ1) is 8.27. The van der Waals surface area contributed by atoms with Gasteiger partial charge in [0.2, 0.25) is 0 Å². The van der Waals surface area contributed by atoms with Gasteiger partial charge in [0, 0.05) is 18.9 Å². The smallest absolute Gasteiger partial charge is 0.125 e. The van der Waals surface area contributed by atoms with Gasteiger partial charge in [0.05, 0.1) is 6.04 Å². The first-order chi connectivity index (χ1) is 5.29. The van der Waals surface area contributed by atoms with Gasteiger partial charge in [0.25, 0.3) is 0 Å². The van der Waals surface area contributed by atoms with Gasteiger partial charge in [-0.05, 0) is 20.9 Å². The third-order valence-electron chi connectivity index (χ3n) is 1.91. The quantitative estimate of drug-likeness (QED) is 0.706. The molecule has 0 aliphatic carbocycles. The first-order valence-corrected chi connectivity index (χ1v) is 3.97. The lowest BCUT2D eigenvalue weighted by Gasteiger charge is -2.10. The van der Waals surface area contributed by atoms with Gasteiger partial charge in [-0.15, -0.1) is 0 Å². The average molecular weight is 153 g/mol. The van der Waals surface area contributed by atoms with Crippen LogP contribution in [0.4, 0.5) is 0 Å². The minimum atomic E-state index is 0.338. The van der Waals surface area contributed by atoms with Crippen molar-refractivity contribution in [3.05, 3.63) is 18.2 Å². The van der Waals surface area contributed by atoms with E-state index < -0.39 is 0 Å². The molecule has 0 unspecified atom stereocenters. The van der Waals surface area contributed by atoms with Crippen LogP contribution in [0.1, 0.15) is 25.7 Å². The molecule has 1 aromatic rings. The van der Waals surface area contributed by atoms with Crippen molar-refractivity contribution in [1.82, 2.24) is 14.9 Å². The highest BCUT2D eigenvalue weighted by atomic mass is 15.1. The van der Waals surface area contributed by atoms with E-state index >= 15 is 0 Å². The summed E-state index contributed by atoms with van der Waals surface area (Å²) >= 11 is 0. The molecule has 0 saturated carbocycles. The third-order valence-corrected chi connectivity index (χ3v) is 1.91. The van der Waals surface area contributed by atoms with Gasteiger partial charge in [-0.1, -0.05) is 0 Å². The monoisotopic (exact) mass is 153 g/mol. The Hall–Kier alpha value is -0.830. The van der Waals surface area contributed by atoms with E-state index in [4.69, 9.17) is 0 Å². The Morgan fingerprint density at radius 1 is 1.73 bits per heavy atom. The third kappa shape index (κ3) is 1.60. The van der Waals surface area contributed by atoms with Crippen LogP contribution in [0.25, 0.3) is 0 Å². The molecule has 1 N–H and O–H groups in total. The molecule has 0 bridgehead atoms. The van der Waals surface area contributed by atoms with Crippen LogP contribution < -0.4 is 5.32 Å². The second-order valence-corrected chi connectivity index (χ2v) is 2.58. The molecule has 0 amide bonds. The summed E-state index contributed by atoms with van der Waals surface area (Å²) in [5.41, 5.74) is 0. The van der Waals surface area contributed by atoms with Gasteiger partial charge in [-0.2, -0.15) is 0 Å². The van der Waals surface area contributed by atoms with Gasteiger partial charge in [-0.25, -0.2) is 4.98 Å². The van der Waals surface area contributed by atoms with Gasteiger partial charge >= 0.3 is 0 Å². The highest BCUT2D eigenvalue weighted by Crippen LogP contribution is 2.08. The molecule has 0 fully saturated rings. The summed E-state index contributed by atoms with van der Waals surface area (Å²) in [5.74, 6) is 1.11. The maximum atomic E-state index is 4.26. The summed E-state index contributed by atoms with van der Waals surface area (Å²) in [6, 6.07) is 0.338. The number of aromatic nitrogens is 2. The van der Waals surface area contributed by atoms with Crippen molar-refractivity contribution in [2.45, 2.75) is 26.4 Å². The van der Waals surface area contributed by atoms with Crippen LogP contribution in [0, 0.1) is 0 Å². The fourth-order valence-electron chi connectivity index (χ4n) is 1.10. The van der Waals surface area contributed by atoms with Crippen LogP contribution >= 0.6 is 0 Å². The van der Waals surface area contributed by atoms with Crippen LogP contribution in [-0.2, 0) is 6.54 Å². The number of imidazole rings is 1. The molecule has 3 nitrogen and oxygen atoms in total. The van der Waals surface area contributed by atoms with E-state index in [0.717, 1.165) is 12.4 Å². The van der Waals surface area contributed by atoms with E-state index in [9.17, 15) is 0 Å². The summed E-state index contributed by atoms with van der Waals surface area (Å²) in [5, 5.41) is 3.16. The molecule has 0 aromatic carbocycles. The van der Waals surface area contributed by atoms with Crippen molar-refractivity contribution >= 4 is 0 Å². The molecule has 3 heteroatoms. The Morgan fingerprint density at radius 3 is 3.00 bits per heavy atom. The summed E-state index contributed by atoms with van der Waals surface area (Å²) in [6.07, 6.45) is 3.84. The second kappa shape index (κ2) is 3.53. The molecule has 0 aliphatic rings. The molecule has 0 saturated heterocycles. The maximum Gasteiger partial charge on any atom is 0.125 e. The topological polar surface area (TPSA) is 29.9 Å². The molecule has 0 aliphatic heterocycles. The second-order valence-electron chi connectivity index (χ2n) is 2.58. The lowest BCUT2D eigenvalue weighted by Crippen LogP contribution is -2.17. The summed E-state index contributed by atoms with van der Waals surface area (Å²) < 4.78 is 2.14. The maximum absolute atomic E-state index is 4.26. The fraction of sp³-hybridized carbons (Fsp3) is 0.625. The predicted molar refractivity (Wildman–Crippen MR) is 45.4 cm³/mol. The van der Waals surface area contributed by atoms with Gasteiger partial charge in [0.15, 0.2) is 0 Å². The van der Waals surface area contributed by atoms with Crippen LogP contribution in [-0.4, -0.2) is 16.6 Å². The zero-order chi connectivity index (χ0) is 8.27. The van der Waals surface area contributed by atoms with E-state index in [1.165, 1.54) is 0 Å². The van der Waals surface area contributed by atoms with Crippen molar-refractivity contribution < 1.29 is 0 Å². The first-order valence-electron chi connectivity index (χ1n) is 3.97. The molecule has 0 radical (unpaired) electrons. The molecular weight excluding hydrogens is 138 g/mol. The van der Waals surface area contributed by atoms with E-state index in [-0.39, 0.29) is 0 Å². The van der Waals surface area contributed by atoms with Crippen LogP contribution in [0.3, 0.4) is 0 Å². The van der Waals surface area contributed by atoms with E-state index in [0.29, 0.717) is 6.04 Å². The highest BCUT2D eigenvalue weighted by molar-refractivity contribution is 4.97. The Morgan fingerprint density at radius 2 is 2.45 bits per heavy atom. The molecule has 62 valence electrons. The van der Waals surface area contributed by atoms with Crippen LogP contribution in [0.15, 0.2) is 12.4 Å². The number of hydrogen-bond acceptors (Lipinski definition) is 2. The van der Waals surface area contributed by atoms with Crippen LogP contribution in [0.5, 0.6) is 0 Å². The zero-order valence-corrected chi connectivity index (χ0v) is 7.33. The Labute approximate surface area is 67.4 Å². The lowest BCUT2D eigenvalue weighted by molar-refractivity contribution is 0.564. The number of rotatable bonds is 3. The minimum Gasteiger partial charge on any atom is -0.334 e. The fourth-order valence-corrected chi connectivity index (χ4v) is 1.10.